The molecule has 0 radical (unpaired) electrons. The van der Waals surface area contributed by atoms with Crippen molar-refractivity contribution in [3.05, 3.63) is 66.0 Å². The van der Waals surface area contributed by atoms with E-state index >= 15 is 0 Å². The molecule has 4 rings (SSSR count). The highest BCUT2D eigenvalue weighted by Crippen LogP contribution is 2.24. The molecule has 0 saturated carbocycles. The zero-order chi connectivity index (χ0) is 22.0. The van der Waals surface area contributed by atoms with Gasteiger partial charge in [0.1, 0.15) is 5.82 Å². The van der Waals surface area contributed by atoms with E-state index in [1.54, 1.807) is 29.1 Å². The minimum Gasteiger partial charge on any atom is -0.306 e. The van der Waals surface area contributed by atoms with Crippen molar-refractivity contribution in [3.63, 3.8) is 0 Å². The fourth-order valence-corrected chi connectivity index (χ4v) is 5.05. The van der Waals surface area contributed by atoms with E-state index in [0.29, 0.717) is 36.2 Å². The Morgan fingerprint density at radius 3 is 2.45 bits per heavy atom. The number of nitrogens with zero attached hydrogens (tertiary/aromatic N) is 4. The van der Waals surface area contributed by atoms with Crippen molar-refractivity contribution in [2.75, 3.05) is 18.4 Å². The number of amides is 1. The molecule has 0 bridgehead atoms. The van der Waals surface area contributed by atoms with Crippen LogP contribution in [-0.2, 0) is 10.0 Å². The van der Waals surface area contributed by atoms with E-state index < -0.39 is 10.0 Å². The number of nitrogens with one attached hydrogen (secondary N) is 1. The SMILES string of the molecule is Cc1cc(NC(=O)c2ccc(S(=O)(=O)N3CCC(C)CC3)cc2)n(-c2ccccn2)n1. The summed E-state index contributed by atoms with van der Waals surface area (Å²) in [7, 11) is -3.55. The third kappa shape index (κ3) is 4.52. The summed E-state index contributed by atoms with van der Waals surface area (Å²) in [6.07, 6.45) is 3.38. The molecule has 8 nitrogen and oxygen atoms in total. The van der Waals surface area contributed by atoms with Crippen molar-refractivity contribution in [1.29, 1.82) is 0 Å². The van der Waals surface area contributed by atoms with Crippen LogP contribution in [0.1, 0.15) is 35.8 Å². The molecule has 162 valence electrons. The molecule has 0 atom stereocenters. The van der Waals surface area contributed by atoms with Crippen molar-refractivity contribution >= 4 is 21.7 Å². The molecule has 1 aromatic carbocycles. The largest absolute Gasteiger partial charge is 0.306 e. The van der Waals surface area contributed by atoms with Crippen LogP contribution in [0.5, 0.6) is 0 Å². The predicted molar refractivity (Wildman–Crippen MR) is 118 cm³/mol. The first-order chi connectivity index (χ1) is 14.8. The minimum absolute atomic E-state index is 0.202. The summed E-state index contributed by atoms with van der Waals surface area (Å²) in [6, 6.07) is 13.2. The summed E-state index contributed by atoms with van der Waals surface area (Å²) >= 11 is 0. The average molecular weight is 440 g/mol. The zero-order valence-electron chi connectivity index (χ0n) is 17.5. The maximum Gasteiger partial charge on any atom is 0.256 e. The second-order valence-corrected chi connectivity index (χ2v) is 9.77. The Bertz CT molecular complexity index is 1170. The number of aryl methyl sites for hydroxylation is 1. The summed E-state index contributed by atoms with van der Waals surface area (Å²) in [5.41, 5.74) is 1.09. The summed E-state index contributed by atoms with van der Waals surface area (Å²) in [6.45, 7) is 5.03. The van der Waals surface area contributed by atoms with Gasteiger partial charge in [-0.1, -0.05) is 13.0 Å². The number of hydrogen-bond donors (Lipinski definition) is 1. The lowest BCUT2D eigenvalue weighted by atomic mass is 10.0. The average Bonchev–Trinajstić information content (AvgIpc) is 3.14. The van der Waals surface area contributed by atoms with Gasteiger partial charge in [-0.05, 0) is 62.1 Å². The molecule has 0 unspecified atom stereocenters. The number of hydrogen-bond acceptors (Lipinski definition) is 5. The summed E-state index contributed by atoms with van der Waals surface area (Å²) < 4.78 is 28.8. The van der Waals surface area contributed by atoms with Crippen molar-refractivity contribution in [2.45, 2.75) is 31.6 Å². The fraction of sp³-hybridized carbons (Fsp3) is 0.318. The van der Waals surface area contributed by atoms with Gasteiger partial charge in [0.2, 0.25) is 10.0 Å². The van der Waals surface area contributed by atoms with E-state index in [-0.39, 0.29) is 10.8 Å². The maximum absolute atomic E-state index is 12.9. The van der Waals surface area contributed by atoms with E-state index in [0.717, 1.165) is 18.5 Å². The van der Waals surface area contributed by atoms with E-state index in [1.807, 2.05) is 13.0 Å². The van der Waals surface area contributed by atoms with Crippen LogP contribution in [0.3, 0.4) is 0 Å². The Morgan fingerprint density at radius 1 is 1.10 bits per heavy atom. The van der Waals surface area contributed by atoms with Crippen molar-refractivity contribution in [2.24, 2.45) is 5.92 Å². The van der Waals surface area contributed by atoms with Gasteiger partial charge in [-0.25, -0.2) is 13.4 Å². The molecule has 1 fully saturated rings. The predicted octanol–water partition coefficient (Wildman–Crippen LogP) is 3.25. The molecule has 0 aliphatic carbocycles. The van der Waals surface area contributed by atoms with Crippen LogP contribution >= 0.6 is 0 Å². The Morgan fingerprint density at radius 2 is 1.81 bits per heavy atom. The van der Waals surface area contributed by atoms with E-state index in [4.69, 9.17) is 0 Å². The first kappa shape index (κ1) is 21.2. The van der Waals surface area contributed by atoms with Crippen LogP contribution in [-0.4, -0.2) is 46.5 Å². The molecule has 31 heavy (non-hydrogen) atoms. The fourth-order valence-electron chi connectivity index (χ4n) is 3.58. The highest BCUT2D eigenvalue weighted by Gasteiger charge is 2.28. The molecule has 3 heterocycles. The number of pyridine rings is 1. The van der Waals surface area contributed by atoms with E-state index in [1.165, 1.54) is 28.6 Å². The third-order valence-corrected chi connectivity index (χ3v) is 7.35. The van der Waals surface area contributed by atoms with Gasteiger partial charge < -0.3 is 5.32 Å². The Balaban J connectivity index is 1.51. The lowest BCUT2D eigenvalue weighted by Gasteiger charge is -2.29. The number of rotatable bonds is 5. The minimum atomic E-state index is -3.55. The first-order valence-electron chi connectivity index (χ1n) is 10.2. The van der Waals surface area contributed by atoms with Crippen molar-refractivity contribution in [1.82, 2.24) is 19.1 Å². The molecule has 2 aromatic heterocycles. The standard InChI is InChI=1S/C22H25N5O3S/c1-16-10-13-26(14-11-16)31(29,30)19-8-6-18(7-9-19)22(28)24-21-15-17(2)25-27(21)20-5-3-4-12-23-20/h3-9,12,15-16H,10-11,13-14H2,1-2H3,(H,24,28). The number of sulfonamides is 1. The molecule has 9 heteroatoms. The molecule has 1 aliphatic rings. The lowest BCUT2D eigenvalue weighted by Crippen LogP contribution is -2.37. The number of aromatic nitrogens is 3. The highest BCUT2D eigenvalue weighted by atomic mass is 32.2. The second-order valence-electron chi connectivity index (χ2n) is 7.84. The van der Waals surface area contributed by atoms with Gasteiger partial charge in [0.25, 0.3) is 5.91 Å². The number of benzene rings is 1. The monoisotopic (exact) mass is 439 g/mol. The van der Waals surface area contributed by atoms with Gasteiger partial charge in [0.05, 0.1) is 10.6 Å². The van der Waals surface area contributed by atoms with Crippen LogP contribution in [0, 0.1) is 12.8 Å². The lowest BCUT2D eigenvalue weighted by molar-refractivity contribution is 0.102. The van der Waals surface area contributed by atoms with Crippen LogP contribution in [0.4, 0.5) is 5.82 Å². The first-order valence-corrected chi connectivity index (χ1v) is 11.7. The summed E-state index contributed by atoms with van der Waals surface area (Å²) in [5, 5.41) is 7.22. The van der Waals surface area contributed by atoms with Gasteiger partial charge in [0, 0.05) is 30.9 Å². The Kier molecular flexibility index (Phi) is 5.88. The van der Waals surface area contributed by atoms with Gasteiger partial charge in [-0.15, -0.1) is 0 Å². The molecule has 1 saturated heterocycles. The number of carbonyl (C=O) groups is 1. The van der Waals surface area contributed by atoms with Crippen LogP contribution in [0.2, 0.25) is 0 Å². The molecular weight excluding hydrogens is 414 g/mol. The van der Waals surface area contributed by atoms with E-state index in [2.05, 4.69) is 22.3 Å². The molecule has 1 aliphatic heterocycles. The van der Waals surface area contributed by atoms with Gasteiger partial charge in [0.15, 0.2) is 5.82 Å². The topological polar surface area (TPSA) is 97.2 Å². The summed E-state index contributed by atoms with van der Waals surface area (Å²) in [4.78, 5) is 17.2. The number of anilines is 1. The van der Waals surface area contributed by atoms with Crippen LogP contribution in [0.15, 0.2) is 59.6 Å². The quantitative estimate of drug-likeness (QED) is 0.658. The van der Waals surface area contributed by atoms with Crippen molar-refractivity contribution in [3.8, 4) is 5.82 Å². The number of piperidine rings is 1. The smallest absolute Gasteiger partial charge is 0.256 e. The van der Waals surface area contributed by atoms with Crippen LogP contribution in [0.25, 0.3) is 5.82 Å². The van der Waals surface area contributed by atoms with Crippen molar-refractivity contribution < 1.29 is 13.2 Å². The molecule has 0 spiro atoms. The third-order valence-electron chi connectivity index (χ3n) is 5.44. The number of carbonyl (C=O) groups excluding carboxylic acids is 1. The van der Waals surface area contributed by atoms with Gasteiger partial charge in [-0.3, -0.25) is 4.79 Å². The zero-order valence-corrected chi connectivity index (χ0v) is 18.3. The van der Waals surface area contributed by atoms with Gasteiger partial charge in [-0.2, -0.15) is 14.1 Å². The normalized spacial score (nSPS) is 15.7. The molecule has 1 amide bonds. The van der Waals surface area contributed by atoms with Crippen LogP contribution < -0.4 is 5.32 Å². The highest BCUT2D eigenvalue weighted by molar-refractivity contribution is 7.89. The maximum atomic E-state index is 12.9. The molecular formula is C22H25N5O3S. The Labute approximate surface area is 182 Å². The molecule has 1 N–H and O–H groups in total. The summed E-state index contributed by atoms with van der Waals surface area (Å²) in [5.74, 6) is 1.26. The van der Waals surface area contributed by atoms with Gasteiger partial charge >= 0.3 is 0 Å². The second kappa shape index (κ2) is 8.60. The molecule has 3 aromatic rings. The van der Waals surface area contributed by atoms with E-state index in [9.17, 15) is 13.2 Å². The Hall–Kier alpha value is -3.04.